The maximum absolute atomic E-state index is 12.6. The van der Waals surface area contributed by atoms with Crippen LogP contribution in [-0.2, 0) is 9.59 Å². The second-order valence-electron chi connectivity index (χ2n) is 7.19. The zero-order valence-electron chi connectivity index (χ0n) is 16.4. The molecule has 3 amide bonds. The number of amides is 3. The molecule has 0 spiro atoms. The molecular formula is C24H17N3O3S. The van der Waals surface area contributed by atoms with E-state index in [2.05, 4.69) is 28.5 Å². The molecular weight excluding hydrogens is 410 g/mol. The average molecular weight is 427 g/mol. The van der Waals surface area contributed by atoms with Crippen LogP contribution in [-0.4, -0.2) is 22.7 Å². The Morgan fingerprint density at radius 1 is 0.903 bits per heavy atom. The number of nitrogens with one attached hydrogen (secondary N) is 1. The van der Waals surface area contributed by atoms with Crippen LogP contribution in [0.5, 0.6) is 0 Å². The summed E-state index contributed by atoms with van der Waals surface area (Å²) in [5.41, 5.74) is 2.72. The highest BCUT2D eigenvalue weighted by Gasteiger charge is 2.30. The molecule has 0 bridgehead atoms. The Balaban J connectivity index is 1.34. The molecule has 0 saturated carbocycles. The Labute approximate surface area is 182 Å². The molecule has 2 heterocycles. The second kappa shape index (κ2) is 7.77. The lowest BCUT2D eigenvalue weighted by Gasteiger charge is -2.13. The zero-order chi connectivity index (χ0) is 21.4. The van der Waals surface area contributed by atoms with Crippen LogP contribution in [0, 0.1) is 0 Å². The van der Waals surface area contributed by atoms with Crippen molar-refractivity contribution in [2.24, 2.45) is 0 Å². The molecule has 1 aliphatic heterocycles. The van der Waals surface area contributed by atoms with Gasteiger partial charge in [0, 0.05) is 29.3 Å². The van der Waals surface area contributed by atoms with E-state index in [1.807, 2.05) is 29.6 Å². The Bertz CT molecular complexity index is 1310. The van der Waals surface area contributed by atoms with Crippen LogP contribution in [0.3, 0.4) is 0 Å². The van der Waals surface area contributed by atoms with E-state index in [-0.39, 0.29) is 30.6 Å². The summed E-state index contributed by atoms with van der Waals surface area (Å²) in [6.45, 7) is 0. The maximum atomic E-state index is 12.6. The Kier molecular flexibility index (Phi) is 4.80. The number of fused-ring (bicyclic) bond motifs is 1. The van der Waals surface area contributed by atoms with Crippen molar-refractivity contribution in [1.82, 2.24) is 4.98 Å². The van der Waals surface area contributed by atoms with Crippen LogP contribution >= 0.6 is 11.3 Å². The first-order chi connectivity index (χ1) is 15.1. The molecule has 1 aliphatic rings. The molecule has 1 aromatic heterocycles. The van der Waals surface area contributed by atoms with Gasteiger partial charge in [0.05, 0.1) is 11.4 Å². The van der Waals surface area contributed by atoms with Crippen LogP contribution in [0.4, 0.5) is 10.8 Å². The highest BCUT2D eigenvalue weighted by molar-refractivity contribution is 7.14. The van der Waals surface area contributed by atoms with Crippen molar-refractivity contribution in [3.05, 3.63) is 77.7 Å². The number of benzene rings is 3. The molecule has 0 radical (unpaired) electrons. The minimum atomic E-state index is -0.301. The molecule has 0 aliphatic carbocycles. The first kappa shape index (κ1) is 19.1. The van der Waals surface area contributed by atoms with Gasteiger partial charge < -0.3 is 0 Å². The van der Waals surface area contributed by atoms with Crippen LogP contribution in [0.1, 0.15) is 23.2 Å². The predicted molar refractivity (Wildman–Crippen MR) is 121 cm³/mol. The molecule has 152 valence electrons. The third kappa shape index (κ3) is 3.60. The number of aromatic nitrogens is 1. The number of imide groups is 1. The fourth-order valence-electron chi connectivity index (χ4n) is 3.70. The van der Waals surface area contributed by atoms with Gasteiger partial charge in [0.1, 0.15) is 0 Å². The number of anilines is 2. The van der Waals surface area contributed by atoms with Gasteiger partial charge in [0.2, 0.25) is 11.8 Å². The summed E-state index contributed by atoms with van der Waals surface area (Å²) < 4.78 is 0. The number of nitrogens with zero attached hydrogens (tertiary/aromatic N) is 2. The van der Waals surface area contributed by atoms with Gasteiger partial charge in [-0.15, -0.1) is 11.3 Å². The molecule has 6 nitrogen and oxygen atoms in total. The lowest BCUT2D eigenvalue weighted by atomic mass is 10.0. The minimum absolute atomic E-state index is 0.217. The summed E-state index contributed by atoms with van der Waals surface area (Å²) in [4.78, 5) is 42.1. The van der Waals surface area contributed by atoms with Crippen molar-refractivity contribution in [3.8, 4) is 11.3 Å². The SMILES string of the molecule is O=C(Nc1nc(-c2cccc3ccccc23)cs1)c1ccc(N2C(=O)CCC2=O)cc1. The van der Waals surface area contributed by atoms with Crippen LogP contribution < -0.4 is 10.2 Å². The largest absolute Gasteiger partial charge is 0.298 e. The fraction of sp³-hybridized carbons (Fsp3) is 0.0833. The number of carbonyl (C=O) groups is 3. The quantitative estimate of drug-likeness (QED) is 0.471. The smallest absolute Gasteiger partial charge is 0.257 e. The Morgan fingerprint density at radius 3 is 2.39 bits per heavy atom. The third-order valence-electron chi connectivity index (χ3n) is 5.23. The number of carbonyl (C=O) groups excluding carboxylic acids is 3. The highest BCUT2D eigenvalue weighted by Crippen LogP contribution is 2.31. The van der Waals surface area contributed by atoms with E-state index in [4.69, 9.17) is 0 Å². The van der Waals surface area contributed by atoms with E-state index in [9.17, 15) is 14.4 Å². The van der Waals surface area contributed by atoms with E-state index in [0.717, 1.165) is 22.0 Å². The number of rotatable bonds is 4. The molecule has 3 aromatic carbocycles. The zero-order valence-corrected chi connectivity index (χ0v) is 17.2. The standard InChI is InChI=1S/C24H17N3O3S/c28-21-12-13-22(29)27(21)17-10-8-16(9-11-17)23(30)26-24-25-20(14-31-24)19-7-3-5-15-4-1-2-6-18(15)19/h1-11,14H,12-13H2,(H,25,26,30). The van der Waals surface area contributed by atoms with Gasteiger partial charge in [-0.1, -0.05) is 42.5 Å². The summed E-state index contributed by atoms with van der Waals surface area (Å²) >= 11 is 1.36. The molecule has 0 atom stereocenters. The van der Waals surface area contributed by atoms with Gasteiger partial charge in [-0.25, -0.2) is 4.98 Å². The monoisotopic (exact) mass is 427 g/mol. The van der Waals surface area contributed by atoms with E-state index in [1.54, 1.807) is 24.3 Å². The number of hydrogen-bond donors (Lipinski definition) is 1. The van der Waals surface area contributed by atoms with Gasteiger partial charge in [-0.2, -0.15) is 0 Å². The van der Waals surface area contributed by atoms with Crippen LogP contribution in [0.2, 0.25) is 0 Å². The van der Waals surface area contributed by atoms with Crippen LogP contribution in [0.15, 0.2) is 72.1 Å². The molecule has 5 rings (SSSR count). The highest BCUT2D eigenvalue weighted by atomic mass is 32.1. The summed E-state index contributed by atoms with van der Waals surface area (Å²) in [6, 6.07) is 20.6. The van der Waals surface area contributed by atoms with Crippen molar-refractivity contribution in [3.63, 3.8) is 0 Å². The van der Waals surface area contributed by atoms with Crippen molar-refractivity contribution >= 4 is 50.6 Å². The molecule has 0 unspecified atom stereocenters. The van der Waals surface area contributed by atoms with Crippen molar-refractivity contribution in [2.45, 2.75) is 12.8 Å². The Hall–Kier alpha value is -3.84. The first-order valence-electron chi connectivity index (χ1n) is 9.81. The van der Waals surface area contributed by atoms with Crippen LogP contribution in [0.25, 0.3) is 22.0 Å². The normalized spacial score (nSPS) is 13.7. The summed E-state index contributed by atoms with van der Waals surface area (Å²) in [5.74, 6) is -0.735. The molecule has 7 heteroatoms. The van der Waals surface area contributed by atoms with Gasteiger partial charge in [-0.3, -0.25) is 24.6 Å². The lowest BCUT2D eigenvalue weighted by molar-refractivity contribution is -0.121. The minimum Gasteiger partial charge on any atom is -0.298 e. The summed E-state index contributed by atoms with van der Waals surface area (Å²) in [5, 5.41) is 7.49. The second-order valence-corrected chi connectivity index (χ2v) is 8.05. The Morgan fingerprint density at radius 2 is 1.61 bits per heavy atom. The lowest BCUT2D eigenvalue weighted by Crippen LogP contribution is -2.28. The molecule has 4 aromatic rings. The van der Waals surface area contributed by atoms with E-state index in [0.29, 0.717) is 16.4 Å². The average Bonchev–Trinajstić information content (AvgIpc) is 3.39. The molecule has 31 heavy (non-hydrogen) atoms. The number of thiazole rings is 1. The topological polar surface area (TPSA) is 79.4 Å². The molecule has 1 saturated heterocycles. The first-order valence-corrected chi connectivity index (χ1v) is 10.7. The number of hydrogen-bond acceptors (Lipinski definition) is 5. The molecule has 1 N–H and O–H groups in total. The van der Waals surface area contributed by atoms with Crippen molar-refractivity contribution < 1.29 is 14.4 Å². The van der Waals surface area contributed by atoms with Gasteiger partial charge in [-0.05, 0) is 35.0 Å². The van der Waals surface area contributed by atoms with E-state index >= 15 is 0 Å². The summed E-state index contributed by atoms with van der Waals surface area (Å²) in [6.07, 6.45) is 0.453. The third-order valence-corrected chi connectivity index (χ3v) is 5.99. The fourth-order valence-corrected chi connectivity index (χ4v) is 4.40. The molecule has 1 fully saturated rings. The van der Waals surface area contributed by atoms with E-state index < -0.39 is 0 Å². The van der Waals surface area contributed by atoms with Gasteiger partial charge in [0.25, 0.3) is 5.91 Å². The predicted octanol–water partition coefficient (Wildman–Crippen LogP) is 4.87. The van der Waals surface area contributed by atoms with Gasteiger partial charge >= 0.3 is 0 Å². The van der Waals surface area contributed by atoms with Gasteiger partial charge in [0.15, 0.2) is 5.13 Å². The maximum Gasteiger partial charge on any atom is 0.257 e. The summed E-state index contributed by atoms with van der Waals surface area (Å²) in [7, 11) is 0. The van der Waals surface area contributed by atoms with Crippen molar-refractivity contribution in [2.75, 3.05) is 10.2 Å². The van der Waals surface area contributed by atoms with Crippen molar-refractivity contribution in [1.29, 1.82) is 0 Å². The van der Waals surface area contributed by atoms with E-state index in [1.165, 1.54) is 16.2 Å².